The van der Waals surface area contributed by atoms with Gasteiger partial charge in [0, 0.05) is 25.2 Å². The van der Waals surface area contributed by atoms with Gasteiger partial charge in [0.1, 0.15) is 12.1 Å². The number of hydrogen-bond acceptors (Lipinski definition) is 6. The molecule has 0 bridgehead atoms. The molecule has 0 radical (unpaired) electrons. The van der Waals surface area contributed by atoms with E-state index in [1.54, 1.807) is 23.8 Å². The first kappa shape index (κ1) is 38.2. The van der Waals surface area contributed by atoms with E-state index in [1.165, 1.54) is 0 Å². The van der Waals surface area contributed by atoms with E-state index in [0.717, 1.165) is 31.4 Å². The number of benzene rings is 1. The van der Waals surface area contributed by atoms with Crippen LogP contribution in [-0.2, 0) is 19.2 Å². The van der Waals surface area contributed by atoms with Crippen LogP contribution in [0.2, 0.25) is 0 Å². The van der Waals surface area contributed by atoms with Crippen LogP contribution in [0, 0.1) is 11.3 Å². The first-order valence-corrected chi connectivity index (χ1v) is 17.4. The van der Waals surface area contributed by atoms with Crippen LogP contribution in [0.25, 0.3) is 0 Å². The van der Waals surface area contributed by atoms with Gasteiger partial charge < -0.3 is 25.5 Å². The molecule has 0 saturated carbocycles. The number of aliphatic hydroxyl groups is 1. The molecule has 1 aromatic rings. The molecule has 10 heteroatoms. The number of aliphatic hydroxyl groups excluding tert-OH is 1. The van der Waals surface area contributed by atoms with Crippen molar-refractivity contribution in [2.45, 2.75) is 124 Å². The zero-order valence-corrected chi connectivity index (χ0v) is 30.1. The average Bonchev–Trinajstić information content (AvgIpc) is 3.53. The summed E-state index contributed by atoms with van der Waals surface area (Å²) >= 11 is 0. The van der Waals surface area contributed by atoms with Crippen LogP contribution in [0.3, 0.4) is 0 Å². The lowest BCUT2D eigenvalue weighted by Gasteiger charge is -2.41. The Labute approximate surface area is 282 Å². The van der Waals surface area contributed by atoms with Gasteiger partial charge in [-0.25, -0.2) is 0 Å². The Morgan fingerprint density at radius 3 is 2.13 bits per heavy atom. The highest BCUT2D eigenvalue weighted by Crippen LogP contribution is 2.27. The second-order valence-corrected chi connectivity index (χ2v) is 15.0. The maximum atomic E-state index is 14.2. The van der Waals surface area contributed by atoms with Gasteiger partial charge >= 0.3 is 0 Å². The van der Waals surface area contributed by atoms with E-state index in [1.807, 2.05) is 71.0 Å². The standard InChI is InChI=1S/C37H59N5O5/c1-24(2)31(40(9)36(47)32(37(6,7)8)39-34(45)29-18-13-14-20-41(29)25(3)4)22-26(5)35(46)42-21-15-19-30(42)33(44)38-28(23-43)27-16-11-10-12-17-27/h10-12,16-17,22,24-25,28-32,43H,13-15,18-21,23H2,1-9H3,(H,38,44)(H,39,45)/t28-,29+,30-,31+,32+/m0/s1. The summed E-state index contributed by atoms with van der Waals surface area (Å²) < 4.78 is 0. The van der Waals surface area contributed by atoms with E-state index < -0.39 is 29.6 Å². The fourth-order valence-electron chi connectivity index (χ4n) is 6.87. The lowest BCUT2D eigenvalue weighted by Crippen LogP contribution is -2.60. The van der Waals surface area contributed by atoms with E-state index in [4.69, 9.17) is 0 Å². The number of rotatable bonds is 12. The van der Waals surface area contributed by atoms with Gasteiger partial charge in [-0.15, -0.1) is 0 Å². The average molecular weight is 654 g/mol. The number of carbonyl (C=O) groups excluding carboxylic acids is 4. The van der Waals surface area contributed by atoms with E-state index in [-0.39, 0.29) is 48.2 Å². The van der Waals surface area contributed by atoms with Gasteiger partial charge in [0.2, 0.25) is 23.6 Å². The first-order chi connectivity index (χ1) is 22.1. The van der Waals surface area contributed by atoms with Crippen molar-refractivity contribution in [1.82, 2.24) is 25.3 Å². The van der Waals surface area contributed by atoms with Gasteiger partial charge in [-0.2, -0.15) is 0 Å². The molecule has 4 amide bonds. The van der Waals surface area contributed by atoms with Crippen molar-refractivity contribution < 1.29 is 24.3 Å². The number of hydrogen-bond donors (Lipinski definition) is 3. The largest absolute Gasteiger partial charge is 0.394 e. The molecule has 262 valence electrons. The molecule has 0 unspecified atom stereocenters. The molecule has 0 aromatic heterocycles. The lowest BCUT2D eigenvalue weighted by atomic mass is 9.84. The van der Waals surface area contributed by atoms with Crippen molar-refractivity contribution in [2.75, 3.05) is 26.7 Å². The van der Waals surface area contributed by atoms with Crippen molar-refractivity contribution in [2.24, 2.45) is 11.3 Å². The number of piperidine rings is 1. The molecule has 2 aliphatic heterocycles. The summed E-state index contributed by atoms with van der Waals surface area (Å²) in [5.41, 5.74) is 0.705. The van der Waals surface area contributed by atoms with Gasteiger partial charge in [-0.3, -0.25) is 24.1 Å². The smallest absolute Gasteiger partial charge is 0.249 e. The quantitative estimate of drug-likeness (QED) is 0.293. The van der Waals surface area contributed by atoms with Gasteiger partial charge in [-0.05, 0) is 69.9 Å². The van der Waals surface area contributed by atoms with Gasteiger partial charge in [0.15, 0.2) is 0 Å². The molecule has 1 aromatic carbocycles. The zero-order chi connectivity index (χ0) is 35.1. The summed E-state index contributed by atoms with van der Waals surface area (Å²) in [5.74, 6) is -0.885. The molecule has 5 atom stereocenters. The van der Waals surface area contributed by atoms with Crippen LogP contribution < -0.4 is 10.6 Å². The minimum absolute atomic E-state index is 0.0216. The van der Waals surface area contributed by atoms with Crippen LogP contribution in [0.5, 0.6) is 0 Å². The minimum atomic E-state index is -0.752. The molecule has 3 rings (SSSR count). The van der Waals surface area contributed by atoms with Crippen LogP contribution in [0.15, 0.2) is 42.0 Å². The molecule has 2 heterocycles. The molecule has 0 aliphatic carbocycles. The second-order valence-electron chi connectivity index (χ2n) is 15.0. The molecular formula is C37H59N5O5. The van der Waals surface area contributed by atoms with Crippen molar-refractivity contribution in [1.29, 1.82) is 0 Å². The zero-order valence-electron chi connectivity index (χ0n) is 30.1. The highest BCUT2D eigenvalue weighted by Gasteiger charge is 2.40. The number of amides is 4. The van der Waals surface area contributed by atoms with E-state index >= 15 is 0 Å². The Balaban J connectivity index is 1.77. The van der Waals surface area contributed by atoms with Crippen LogP contribution in [0.4, 0.5) is 0 Å². The number of nitrogens with one attached hydrogen (secondary N) is 2. The molecule has 2 aliphatic rings. The van der Waals surface area contributed by atoms with Crippen molar-refractivity contribution in [3.05, 3.63) is 47.5 Å². The number of carbonyl (C=O) groups is 4. The highest BCUT2D eigenvalue weighted by atomic mass is 16.3. The topological polar surface area (TPSA) is 122 Å². The number of likely N-dealkylation sites (tertiary alicyclic amines) is 2. The normalized spacial score (nSPS) is 21.4. The summed E-state index contributed by atoms with van der Waals surface area (Å²) in [4.78, 5) is 60.4. The van der Waals surface area contributed by atoms with Gasteiger partial charge in [-0.1, -0.05) is 77.4 Å². The Hall–Kier alpha value is -3.24. The molecule has 10 nitrogen and oxygen atoms in total. The van der Waals surface area contributed by atoms with Crippen molar-refractivity contribution in [3.63, 3.8) is 0 Å². The van der Waals surface area contributed by atoms with Gasteiger partial charge in [0.25, 0.3) is 0 Å². The van der Waals surface area contributed by atoms with E-state index in [0.29, 0.717) is 25.0 Å². The van der Waals surface area contributed by atoms with Gasteiger partial charge in [0.05, 0.1) is 24.7 Å². The maximum absolute atomic E-state index is 14.2. The summed E-state index contributed by atoms with van der Waals surface area (Å²) in [6.45, 7) is 16.9. The third kappa shape index (κ3) is 9.66. The van der Waals surface area contributed by atoms with E-state index in [9.17, 15) is 24.3 Å². The van der Waals surface area contributed by atoms with E-state index in [2.05, 4.69) is 29.4 Å². The molecule has 2 fully saturated rings. The number of likely N-dealkylation sites (N-methyl/N-ethyl adjacent to an activating group) is 1. The van der Waals surface area contributed by atoms with Crippen molar-refractivity contribution in [3.8, 4) is 0 Å². The molecule has 47 heavy (non-hydrogen) atoms. The Kier molecular flexibility index (Phi) is 13.6. The monoisotopic (exact) mass is 653 g/mol. The Bertz CT molecular complexity index is 1260. The molecule has 0 spiro atoms. The summed E-state index contributed by atoms with van der Waals surface area (Å²) in [6, 6.07) is 6.86. The van der Waals surface area contributed by atoms with Crippen molar-refractivity contribution >= 4 is 23.6 Å². The van der Waals surface area contributed by atoms with Crippen LogP contribution >= 0.6 is 0 Å². The molecule has 2 saturated heterocycles. The number of nitrogens with zero attached hydrogens (tertiary/aromatic N) is 3. The summed E-state index contributed by atoms with van der Waals surface area (Å²) in [6.07, 6.45) is 5.87. The first-order valence-electron chi connectivity index (χ1n) is 17.4. The van der Waals surface area contributed by atoms with Crippen LogP contribution in [-0.4, -0.2) is 100 Å². The molecular weight excluding hydrogens is 594 g/mol. The lowest BCUT2D eigenvalue weighted by molar-refractivity contribution is -0.142. The molecule has 3 N–H and O–H groups in total. The third-order valence-electron chi connectivity index (χ3n) is 9.66. The Morgan fingerprint density at radius 2 is 1.55 bits per heavy atom. The third-order valence-corrected chi connectivity index (χ3v) is 9.66. The summed E-state index contributed by atoms with van der Waals surface area (Å²) in [7, 11) is 1.73. The highest BCUT2D eigenvalue weighted by molar-refractivity contribution is 5.97. The SMILES string of the molecule is CC(=C[C@H](C(C)C)N(C)C(=O)[C@@H](NC(=O)[C@H]1CCCCN1C(C)C)C(C)(C)C)C(=O)N1CCC[C@H]1C(=O)N[C@@H](CO)c1ccccc1. The minimum Gasteiger partial charge on any atom is -0.394 e. The maximum Gasteiger partial charge on any atom is 0.249 e. The Morgan fingerprint density at radius 1 is 0.936 bits per heavy atom. The summed E-state index contributed by atoms with van der Waals surface area (Å²) in [5, 5.41) is 16.0. The fraction of sp³-hybridized carbons (Fsp3) is 0.676. The predicted molar refractivity (Wildman–Crippen MR) is 185 cm³/mol. The predicted octanol–water partition coefficient (Wildman–Crippen LogP) is 4.05. The van der Waals surface area contributed by atoms with Crippen LogP contribution in [0.1, 0.15) is 99.1 Å². The second kappa shape index (κ2) is 16.7. The fourth-order valence-corrected chi connectivity index (χ4v) is 6.87.